The van der Waals surface area contributed by atoms with Crippen molar-refractivity contribution >= 4 is 46.1 Å². The molecule has 0 amide bonds. The van der Waals surface area contributed by atoms with Gasteiger partial charge in [-0.15, -0.1) is 0 Å². The minimum Gasteiger partial charge on any atom is -0.462 e. The van der Waals surface area contributed by atoms with Crippen molar-refractivity contribution in [1.29, 1.82) is 0 Å². The van der Waals surface area contributed by atoms with E-state index in [1.807, 2.05) is 29.5 Å². The third kappa shape index (κ3) is 6.27. The van der Waals surface area contributed by atoms with Crippen LogP contribution in [0, 0.1) is 8.99 Å². The van der Waals surface area contributed by atoms with Crippen LogP contribution in [-0.4, -0.2) is 36.4 Å². The first-order valence-electron chi connectivity index (χ1n) is 7.15. The summed E-state index contributed by atoms with van der Waals surface area (Å²) in [6, 6.07) is 4.75. The molecule has 0 radical (unpaired) electrons. The average Bonchev–Trinajstić information content (AvgIpc) is 2.52. The van der Waals surface area contributed by atoms with E-state index in [0.29, 0.717) is 17.0 Å². The van der Waals surface area contributed by atoms with Gasteiger partial charge in [-0.2, -0.15) is 0 Å². The molecule has 0 aliphatic heterocycles. The van der Waals surface area contributed by atoms with Gasteiger partial charge in [0.15, 0.2) is 0 Å². The normalized spacial score (nSPS) is 12.6. The highest BCUT2D eigenvalue weighted by atomic mass is 127. The molecular weight excluding hydrogens is 435 g/mol. The van der Waals surface area contributed by atoms with E-state index >= 15 is 0 Å². The fraction of sp³-hybridized carbons (Fsp3) is 0.500. The number of carbonyl (C=O) groups is 2. The van der Waals surface area contributed by atoms with Crippen molar-refractivity contribution in [2.45, 2.75) is 33.3 Å². The highest BCUT2D eigenvalue weighted by Crippen LogP contribution is 2.22. The Labute approximate surface area is 154 Å². The topological polar surface area (TPSA) is 72.8 Å². The fourth-order valence-electron chi connectivity index (χ4n) is 1.44. The number of halogens is 2. The lowest BCUT2D eigenvalue weighted by Gasteiger charge is -2.21. The minimum absolute atomic E-state index is 0.215. The van der Waals surface area contributed by atoms with E-state index in [1.54, 1.807) is 32.0 Å². The molecule has 23 heavy (non-hydrogen) atoms. The van der Waals surface area contributed by atoms with E-state index in [2.05, 4.69) is 0 Å². The van der Waals surface area contributed by atoms with Gasteiger partial charge < -0.3 is 14.6 Å². The number of rotatable bonds is 7. The molecule has 7 heteroatoms. The first kappa shape index (κ1) is 20.2. The first-order valence-corrected chi connectivity index (χ1v) is 8.60. The predicted octanol–water partition coefficient (Wildman–Crippen LogP) is 3.44. The fourth-order valence-corrected chi connectivity index (χ4v) is 2.07. The summed E-state index contributed by atoms with van der Waals surface area (Å²) in [4.78, 5) is 23.6. The lowest BCUT2D eigenvalue weighted by atomic mass is 9.91. The maximum atomic E-state index is 11.9. The number of ether oxygens (including phenoxy) is 2. The second kappa shape index (κ2) is 8.84. The average molecular weight is 455 g/mol. The van der Waals surface area contributed by atoms with Crippen LogP contribution in [0.15, 0.2) is 18.2 Å². The van der Waals surface area contributed by atoms with Gasteiger partial charge in [0.05, 0.1) is 16.0 Å². The molecule has 0 fully saturated rings. The number of aliphatic hydroxyl groups is 1. The Hall–Kier alpha value is -0.860. The van der Waals surface area contributed by atoms with Gasteiger partial charge in [-0.1, -0.05) is 18.5 Å². The van der Waals surface area contributed by atoms with Crippen molar-refractivity contribution in [3.63, 3.8) is 0 Å². The molecule has 1 aromatic rings. The molecule has 0 spiro atoms. The van der Waals surface area contributed by atoms with Crippen LogP contribution in [-0.2, 0) is 14.3 Å². The zero-order valence-electron chi connectivity index (χ0n) is 13.3. The molecule has 128 valence electrons. The van der Waals surface area contributed by atoms with Crippen molar-refractivity contribution in [1.82, 2.24) is 0 Å². The molecule has 0 bridgehead atoms. The van der Waals surface area contributed by atoms with E-state index in [4.69, 9.17) is 21.1 Å². The number of benzene rings is 1. The van der Waals surface area contributed by atoms with Gasteiger partial charge in [-0.05, 0) is 61.1 Å². The first-order chi connectivity index (χ1) is 10.7. The maximum Gasteiger partial charge on any atom is 0.338 e. The molecule has 0 aliphatic carbocycles. The van der Waals surface area contributed by atoms with Gasteiger partial charge in [0, 0.05) is 3.57 Å². The standard InChI is InChI=1S/C16H20ClIO5/c1-4-16(2,3)15(21)23-9-11(19)8-22-14(20)10-5-6-12(17)13(18)7-10/h5-7,11,19H,4,8-9H2,1-3H3. The van der Waals surface area contributed by atoms with Gasteiger partial charge in [0.25, 0.3) is 0 Å². The highest BCUT2D eigenvalue weighted by molar-refractivity contribution is 14.1. The molecule has 0 aliphatic rings. The molecule has 0 saturated carbocycles. The molecule has 0 aromatic heterocycles. The quantitative estimate of drug-likeness (QED) is 0.505. The Morgan fingerprint density at radius 1 is 1.30 bits per heavy atom. The summed E-state index contributed by atoms with van der Waals surface area (Å²) >= 11 is 7.89. The molecule has 1 aromatic carbocycles. The number of aliphatic hydroxyl groups excluding tert-OH is 1. The summed E-state index contributed by atoms with van der Waals surface area (Å²) in [5, 5.41) is 10.3. The van der Waals surface area contributed by atoms with Crippen LogP contribution in [0.4, 0.5) is 0 Å². The van der Waals surface area contributed by atoms with Crippen LogP contribution < -0.4 is 0 Å². The van der Waals surface area contributed by atoms with E-state index < -0.39 is 23.5 Å². The van der Waals surface area contributed by atoms with Crippen LogP contribution >= 0.6 is 34.2 Å². The SMILES string of the molecule is CCC(C)(C)C(=O)OCC(O)COC(=O)c1ccc(Cl)c(I)c1. The third-order valence-electron chi connectivity index (χ3n) is 3.41. The van der Waals surface area contributed by atoms with Gasteiger partial charge in [0.1, 0.15) is 19.3 Å². The maximum absolute atomic E-state index is 11.9. The molecule has 1 atom stereocenters. The van der Waals surface area contributed by atoms with Crippen LogP contribution in [0.25, 0.3) is 0 Å². The predicted molar refractivity (Wildman–Crippen MR) is 95.5 cm³/mol. The monoisotopic (exact) mass is 454 g/mol. The molecule has 1 rings (SSSR count). The number of carbonyl (C=O) groups excluding carboxylic acids is 2. The Balaban J connectivity index is 2.44. The van der Waals surface area contributed by atoms with E-state index in [1.165, 1.54) is 0 Å². The molecular formula is C16H20ClIO5. The Kier molecular flexibility index (Phi) is 7.76. The van der Waals surface area contributed by atoms with Gasteiger partial charge in [-0.25, -0.2) is 4.79 Å². The summed E-state index contributed by atoms with van der Waals surface area (Å²) in [6.45, 7) is 4.95. The second-order valence-corrected chi connectivity index (χ2v) is 7.29. The van der Waals surface area contributed by atoms with E-state index in [-0.39, 0.29) is 13.2 Å². The van der Waals surface area contributed by atoms with Crippen molar-refractivity contribution in [3.05, 3.63) is 32.4 Å². The Bertz CT molecular complexity index is 574. The number of esters is 2. The van der Waals surface area contributed by atoms with Crippen LogP contribution in [0.3, 0.4) is 0 Å². The summed E-state index contributed by atoms with van der Waals surface area (Å²) in [5.41, 5.74) is -0.258. The third-order valence-corrected chi connectivity index (χ3v) is 4.95. The van der Waals surface area contributed by atoms with E-state index in [0.717, 1.165) is 3.57 Å². The lowest BCUT2D eigenvalue weighted by Crippen LogP contribution is -2.31. The van der Waals surface area contributed by atoms with Gasteiger partial charge in [-0.3, -0.25) is 4.79 Å². The van der Waals surface area contributed by atoms with Crippen molar-refractivity contribution in [3.8, 4) is 0 Å². The summed E-state index contributed by atoms with van der Waals surface area (Å²) < 4.78 is 10.8. The summed E-state index contributed by atoms with van der Waals surface area (Å²) in [7, 11) is 0. The minimum atomic E-state index is -1.07. The van der Waals surface area contributed by atoms with Crippen LogP contribution in [0.2, 0.25) is 5.02 Å². The molecule has 0 heterocycles. The highest BCUT2D eigenvalue weighted by Gasteiger charge is 2.27. The second-order valence-electron chi connectivity index (χ2n) is 5.72. The Morgan fingerprint density at radius 2 is 1.91 bits per heavy atom. The smallest absolute Gasteiger partial charge is 0.338 e. The van der Waals surface area contributed by atoms with Crippen LogP contribution in [0.1, 0.15) is 37.6 Å². The Morgan fingerprint density at radius 3 is 2.48 bits per heavy atom. The summed E-state index contributed by atoms with van der Waals surface area (Å²) in [5.74, 6) is -0.962. The largest absolute Gasteiger partial charge is 0.462 e. The molecule has 0 saturated heterocycles. The van der Waals surface area contributed by atoms with Crippen molar-refractivity contribution < 1.29 is 24.2 Å². The van der Waals surface area contributed by atoms with Gasteiger partial charge >= 0.3 is 11.9 Å². The van der Waals surface area contributed by atoms with Crippen molar-refractivity contribution in [2.24, 2.45) is 5.41 Å². The number of hydrogen-bond acceptors (Lipinski definition) is 5. The zero-order chi connectivity index (χ0) is 17.6. The van der Waals surface area contributed by atoms with E-state index in [9.17, 15) is 14.7 Å². The summed E-state index contributed by atoms with van der Waals surface area (Å²) in [6.07, 6.45) is -0.437. The zero-order valence-corrected chi connectivity index (χ0v) is 16.2. The van der Waals surface area contributed by atoms with Crippen molar-refractivity contribution in [2.75, 3.05) is 13.2 Å². The number of hydrogen-bond donors (Lipinski definition) is 1. The molecule has 5 nitrogen and oxygen atoms in total. The molecule has 1 N–H and O–H groups in total. The molecule has 1 unspecified atom stereocenters. The van der Waals surface area contributed by atoms with Gasteiger partial charge in [0.2, 0.25) is 0 Å². The lowest BCUT2D eigenvalue weighted by molar-refractivity contribution is -0.157. The van der Waals surface area contributed by atoms with Crippen LogP contribution in [0.5, 0.6) is 0 Å².